The number of aromatic carboxylic acids is 1. The maximum Gasteiger partial charge on any atom is 0.335 e. The van der Waals surface area contributed by atoms with E-state index in [2.05, 4.69) is 5.10 Å². The van der Waals surface area contributed by atoms with E-state index < -0.39 is 11.9 Å². The molecular weight excluding hydrogens is 250 g/mol. The van der Waals surface area contributed by atoms with Crippen LogP contribution in [-0.4, -0.2) is 20.3 Å². The van der Waals surface area contributed by atoms with Crippen molar-refractivity contribution in [2.24, 2.45) is 0 Å². The van der Waals surface area contributed by atoms with Gasteiger partial charge in [0.15, 0.2) is 12.3 Å². The highest BCUT2D eigenvalue weighted by atomic mass is 32.2. The Morgan fingerprint density at radius 2 is 2.24 bits per heavy atom. The van der Waals surface area contributed by atoms with Gasteiger partial charge in [0, 0.05) is 0 Å². The summed E-state index contributed by atoms with van der Waals surface area (Å²) in [6.45, 7) is 0. The Morgan fingerprint density at radius 1 is 1.47 bits per heavy atom. The molecular formula is C10H6F2N2O2S. The summed E-state index contributed by atoms with van der Waals surface area (Å²) in [6, 6.07) is 5.70. The van der Waals surface area contributed by atoms with Crippen molar-refractivity contribution in [3.63, 3.8) is 0 Å². The lowest BCUT2D eigenvalue weighted by atomic mass is 10.1. The summed E-state index contributed by atoms with van der Waals surface area (Å²) in [7, 11) is 0. The fourth-order valence-corrected chi connectivity index (χ4v) is 1.62. The first-order chi connectivity index (χ1) is 8.13. The number of carbonyl (C=O) groups is 1. The first kappa shape index (κ1) is 11.6. The van der Waals surface area contributed by atoms with Gasteiger partial charge in [0.2, 0.25) is 5.95 Å². The summed E-state index contributed by atoms with van der Waals surface area (Å²) in [5.41, 5.74) is 0.420. The van der Waals surface area contributed by atoms with Crippen LogP contribution in [0, 0.1) is 5.95 Å². The number of carboxylic acids is 1. The van der Waals surface area contributed by atoms with Gasteiger partial charge in [-0.1, -0.05) is 12.1 Å². The normalized spacial score (nSPS) is 10.5. The van der Waals surface area contributed by atoms with Crippen molar-refractivity contribution in [1.82, 2.24) is 9.19 Å². The smallest absolute Gasteiger partial charge is 0.335 e. The average molecular weight is 256 g/mol. The Kier molecular flexibility index (Phi) is 3.10. The third-order valence-electron chi connectivity index (χ3n) is 2.17. The zero-order valence-electron chi connectivity index (χ0n) is 8.30. The summed E-state index contributed by atoms with van der Waals surface area (Å²) in [6.07, 6.45) is 1.14. The van der Waals surface area contributed by atoms with Crippen LogP contribution in [0.25, 0.3) is 11.1 Å². The molecule has 0 aliphatic rings. The van der Waals surface area contributed by atoms with Crippen LogP contribution >= 0.6 is 12.3 Å². The topological polar surface area (TPSA) is 55.1 Å². The number of halogens is 2. The summed E-state index contributed by atoms with van der Waals surface area (Å²) in [5.74, 6) is -1.97. The number of rotatable bonds is 3. The van der Waals surface area contributed by atoms with E-state index in [-0.39, 0.29) is 23.5 Å². The molecule has 0 bridgehead atoms. The minimum absolute atomic E-state index is 0.0301. The molecule has 4 nitrogen and oxygen atoms in total. The van der Waals surface area contributed by atoms with E-state index in [1.54, 1.807) is 0 Å². The number of benzene rings is 1. The van der Waals surface area contributed by atoms with Crippen molar-refractivity contribution in [3.8, 4) is 11.1 Å². The number of nitrogens with zero attached hydrogens (tertiary/aromatic N) is 2. The summed E-state index contributed by atoms with van der Waals surface area (Å²) in [4.78, 5) is 10.8. The molecule has 0 aliphatic heterocycles. The number of hydrogen-bond donors (Lipinski definition) is 1. The van der Waals surface area contributed by atoms with Gasteiger partial charge in [-0.15, -0.1) is 7.97 Å². The molecule has 1 aromatic carbocycles. The van der Waals surface area contributed by atoms with Gasteiger partial charge < -0.3 is 5.11 Å². The molecule has 0 amide bonds. The molecule has 0 saturated carbocycles. The fourth-order valence-electron chi connectivity index (χ4n) is 1.38. The van der Waals surface area contributed by atoms with Crippen LogP contribution in [0.4, 0.5) is 8.28 Å². The standard InChI is InChI=1S/C10H6F2N2O2S/c11-9-8(5-13-14(9)17-12)6-2-1-3-7(4-6)10(15)16/h1-5H,(H,15,16). The van der Waals surface area contributed by atoms with E-state index >= 15 is 0 Å². The zero-order valence-corrected chi connectivity index (χ0v) is 9.12. The van der Waals surface area contributed by atoms with Crippen molar-refractivity contribution in [2.45, 2.75) is 0 Å². The SMILES string of the molecule is O=C(O)c1cccc(-c2cnn(SF)c2F)c1. The van der Waals surface area contributed by atoms with Gasteiger partial charge in [0.25, 0.3) is 0 Å². The van der Waals surface area contributed by atoms with Gasteiger partial charge >= 0.3 is 5.97 Å². The molecule has 1 N–H and O–H groups in total. The number of aromatic nitrogens is 2. The molecule has 0 radical (unpaired) electrons. The molecule has 0 fully saturated rings. The monoisotopic (exact) mass is 256 g/mol. The van der Waals surface area contributed by atoms with Crippen molar-refractivity contribution < 1.29 is 18.2 Å². The highest BCUT2D eigenvalue weighted by Gasteiger charge is 2.14. The van der Waals surface area contributed by atoms with Crippen molar-refractivity contribution >= 4 is 18.3 Å². The molecule has 0 aliphatic carbocycles. The number of carboxylic acid groups (broad SMARTS) is 1. The first-order valence-corrected chi connectivity index (χ1v) is 5.17. The van der Waals surface area contributed by atoms with Crippen molar-refractivity contribution in [3.05, 3.63) is 42.0 Å². The van der Waals surface area contributed by atoms with Gasteiger partial charge in [-0.05, 0) is 17.7 Å². The molecule has 1 heterocycles. The largest absolute Gasteiger partial charge is 0.478 e. The first-order valence-electron chi connectivity index (χ1n) is 4.50. The Labute approximate surface area is 99.3 Å². The Bertz CT molecular complexity index is 571. The second-order valence-corrected chi connectivity index (χ2v) is 3.66. The quantitative estimate of drug-likeness (QED) is 0.917. The molecule has 7 heteroatoms. The fraction of sp³-hybridized carbons (Fsp3) is 0. The van der Waals surface area contributed by atoms with Gasteiger partial charge in [-0.3, -0.25) is 0 Å². The molecule has 17 heavy (non-hydrogen) atoms. The molecule has 0 spiro atoms. The second kappa shape index (κ2) is 4.54. The molecule has 88 valence electrons. The van der Waals surface area contributed by atoms with Gasteiger partial charge in [0.1, 0.15) is 0 Å². The minimum atomic E-state index is -1.11. The summed E-state index contributed by atoms with van der Waals surface area (Å²) in [5, 5.41) is 12.3. The van der Waals surface area contributed by atoms with Crippen LogP contribution < -0.4 is 0 Å². The van der Waals surface area contributed by atoms with Crippen LogP contribution in [0.1, 0.15) is 10.4 Å². The lowest BCUT2D eigenvalue weighted by Crippen LogP contribution is -1.96. The van der Waals surface area contributed by atoms with E-state index in [9.17, 15) is 13.1 Å². The van der Waals surface area contributed by atoms with Crippen LogP contribution in [0.5, 0.6) is 0 Å². The molecule has 2 aromatic rings. The number of hydrogen-bond acceptors (Lipinski definition) is 3. The van der Waals surface area contributed by atoms with E-state index in [1.165, 1.54) is 24.3 Å². The van der Waals surface area contributed by atoms with Crippen LogP contribution in [0.2, 0.25) is 0 Å². The predicted molar refractivity (Wildman–Crippen MR) is 58.7 cm³/mol. The van der Waals surface area contributed by atoms with E-state index in [0.29, 0.717) is 9.65 Å². The van der Waals surface area contributed by atoms with Crippen molar-refractivity contribution in [2.75, 3.05) is 0 Å². The molecule has 0 unspecified atom stereocenters. The lowest BCUT2D eigenvalue weighted by molar-refractivity contribution is 0.0697. The molecule has 1 aromatic heterocycles. The second-order valence-electron chi connectivity index (χ2n) is 3.18. The predicted octanol–water partition coefficient (Wildman–Crippen LogP) is 2.77. The maximum absolute atomic E-state index is 13.5. The third kappa shape index (κ3) is 2.14. The van der Waals surface area contributed by atoms with Gasteiger partial charge in [-0.2, -0.15) is 9.49 Å². The van der Waals surface area contributed by atoms with E-state index in [4.69, 9.17) is 5.11 Å². The molecule has 0 saturated heterocycles. The Balaban J connectivity index is 2.49. The van der Waals surface area contributed by atoms with Crippen LogP contribution in [0.15, 0.2) is 30.5 Å². The maximum atomic E-state index is 13.5. The summed E-state index contributed by atoms with van der Waals surface area (Å²) < 4.78 is 26.2. The molecule has 2 rings (SSSR count). The van der Waals surface area contributed by atoms with Gasteiger partial charge in [-0.25, -0.2) is 4.79 Å². The molecule has 0 atom stereocenters. The van der Waals surface area contributed by atoms with Crippen molar-refractivity contribution in [1.29, 1.82) is 0 Å². The van der Waals surface area contributed by atoms with Gasteiger partial charge in [0.05, 0.1) is 17.3 Å². The Hall–Kier alpha value is -1.89. The lowest BCUT2D eigenvalue weighted by Gasteiger charge is -2.00. The van der Waals surface area contributed by atoms with Crippen LogP contribution in [-0.2, 0) is 0 Å². The minimum Gasteiger partial charge on any atom is -0.478 e. The zero-order chi connectivity index (χ0) is 12.4. The highest BCUT2D eigenvalue weighted by molar-refractivity contribution is 7.92. The third-order valence-corrected chi connectivity index (χ3v) is 2.55. The van der Waals surface area contributed by atoms with E-state index in [0.717, 1.165) is 6.20 Å². The summed E-state index contributed by atoms with van der Waals surface area (Å²) >= 11 is -0.364. The Morgan fingerprint density at radius 3 is 2.82 bits per heavy atom. The highest BCUT2D eigenvalue weighted by Crippen LogP contribution is 2.25. The van der Waals surface area contributed by atoms with E-state index in [1.807, 2.05) is 0 Å². The van der Waals surface area contributed by atoms with Crippen LogP contribution in [0.3, 0.4) is 0 Å². The average Bonchev–Trinajstić information content (AvgIpc) is 2.70.